The van der Waals surface area contributed by atoms with Crippen LogP contribution in [0.25, 0.3) is 22.3 Å². The summed E-state index contributed by atoms with van der Waals surface area (Å²) in [5.74, 6) is 3.43. The molecule has 236 valence electrons. The van der Waals surface area contributed by atoms with Crippen molar-refractivity contribution >= 4 is 34.2 Å². The van der Waals surface area contributed by atoms with Gasteiger partial charge in [-0.1, -0.05) is 0 Å². The smallest absolute Gasteiger partial charge is 0.205 e. The number of rotatable bonds is 8. The van der Waals surface area contributed by atoms with Crippen molar-refractivity contribution in [3.63, 3.8) is 0 Å². The first-order chi connectivity index (χ1) is 21.8. The number of aromatic nitrogens is 8. The number of hydrogen-bond donors (Lipinski definition) is 4. The minimum absolute atomic E-state index is 0. The van der Waals surface area contributed by atoms with Gasteiger partial charge in [-0.05, 0) is 76.1 Å². The molecule has 2 saturated heterocycles. The summed E-state index contributed by atoms with van der Waals surface area (Å²) in [6.45, 7) is 5.36. The van der Waals surface area contributed by atoms with E-state index in [4.69, 9.17) is 8.83 Å². The van der Waals surface area contributed by atoms with E-state index >= 15 is 0 Å². The lowest BCUT2D eigenvalue weighted by Crippen LogP contribution is -2.36. The van der Waals surface area contributed by atoms with Crippen LogP contribution in [0.2, 0.25) is 0 Å². The Bertz CT molecular complexity index is 1620. The molecule has 6 N–H and O–H groups in total. The molecule has 0 spiro atoms. The van der Waals surface area contributed by atoms with Gasteiger partial charge in [0.1, 0.15) is 35.2 Å². The lowest BCUT2D eigenvalue weighted by atomic mass is 10.1. The van der Waals surface area contributed by atoms with Gasteiger partial charge in [0.25, 0.3) is 0 Å². The van der Waals surface area contributed by atoms with Crippen molar-refractivity contribution < 1.29 is 14.3 Å². The van der Waals surface area contributed by atoms with Crippen molar-refractivity contribution in [1.82, 2.24) is 49.7 Å². The third kappa shape index (κ3) is 7.11. The zero-order valence-electron chi connectivity index (χ0n) is 24.9. The largest absolute Gasteiger partial charge is 0.467 e. The van der Waals surface area contributed by atoms with Gasteiger partial charge < -0.3 is 35.6 Å². The number of piperidine rings is 2. The third-order valence-electron chi connectivity index (χ3n) is 7.95. The molecule has 0 amide bonds. The van der Waals surface area contributed by atoms with E-state index in [-0.39, 0.29) is 5.48 Å². The van der Waals surface area contributed by atoms with Crippen LogP contribution in [0.15, 0.2) is 70.7 Å². The van der Waals surface area contributed by atoms with Crippen LogP contribution in [0.4, 0.5) is 11.9 Å². The fourth-order valence-corrected chi connectivity index (χ4v) is 5.69. The molecule has 6 aromatic heterocycles. The Kier molecular flexibility index (Phi) is 9.58. The SMILES string of the molecule is O.c1coc(Cn2c(NC3CCNCC3)nc3cncnc32)c1.c1coc(Cn2c(NC3CCNCC3)nc3cncnc32)c1. The standard InChI is InChI=1S/2C15H18N6O.H2O/c2*1-2-12(22-7-1)9-21-14-13(8-17-10-18-14)20-15(21)19-11-3-5-16-6-4-11;/h2*1-2,7-8,10-11,16H,3-6,9H2,(H,19,20);1H2. The average molecular weight is 615 g/mol. The van der Waals surface area contributed by atoms with Gasteiger partial charge in [-0.15, -0.1) is 0 Å². The predicted molar refractivity (Wildman–Crippen MR) is 169 cm³/mol. The number of furan rings is 2. The van der Waals surface area contributed by atoms with Gasteiger partial charge in [0.15, 0.2) is 11.3 Å². The topological polar surface area (TPSA) is 193 Å². The summed E-state index contributed by atoms with van der Waals surface area (Å²) in [7, 11) is 0. The van der Waals surface area contributed by atoms with E-state index in [0.717, 1.165) is 97.6 Å². The van der Waals surface area contributed by atoms with E-state index in [1.165, 1.54) is 0 Å². The normalized spacial score (nSPS) is 15.8. The molecular formula is C30H38N12O3. The molecule has 15 nitrogen and oxygen atoms in total. The number of fused-ring (bicyclic) bond motifs is 2. The monoisotopic (exact) mass is 614 g/mol. The Labute approximate surface area is 259 Å². The molecular weight excluding hydrogens is 576 g/mol. The molecule has 0 aromatic carbocycles. The summed E-state index contributed by atoms with van der Waals surface area (Å²) in [6.07, 6.45) is 14.3. The molecule has 2 aliphatic heterocycles. The van der Waals surface area contributed by atoms with Gasteiger partial charge in [0, 0.05) is 12.1 Å². The van der Waals surface area contributed by atoms with Gasteiger partial charge in [-0.2, -0.15) is 0 Å². The minimum atomic E-state index is 0. The number of imidazole rings is 2. The first-order valence-corrected chi connectivity index (χ1v) is 15.1. The summed E-state index contributed by atoms with van der Waals surface area (Å²) < 4.78 is 15.0. The van der Waals surface area contributed by atoms with Gasteiger partial charge in [0.2, 0.25) is 11.9 Å². The van der Waals surface area contributed by atoms with Gasteiger partial charge >= 0.3 is 0 Å². The maximum absolute atomic E-state index is 5.47. The van der Waals surface area contributed by atoms with E-state index < -0.39 is 0 Å². The Morgan fingerprint density at radius 2 is 1.13 bits per heavy atom. The van der Waals surface area contributed by atoms with Crippen LogP contribution in [0.1, 0.15) is 37.2 Å². The molecule has 8 heterocycles. The van der Waals surface area contributed by atoms with E-state index in [1.54, 1.807) is 37.6 Å². The van der Waals surface area contributed by atoms with Crippen molar-refractivity contribution in [2.45, 2.75) is 50.9 Å². The lowest BCUT2D eigenvalue weighted by Gasteiger charge is -2.24. The second-order valence-electron chi connectivity index (χ2n) is 11.0. The van der Waals surface area contributed by atoms with Crippen LogP contribution < -0.4 is 21.3 Å². The molecule has 0 radical (unpaired) electrons. The average Bonchev–Trinajstić information content (AvgIpc) is 3.89. The first kappa shape index (κ1) is 30.2. The maximum Gasteiger partial charge on any atom is 0.205 e. The van der Waals surface area contributed by atoms with Crippen molar-refractivity contribution in [2.24, 2.45) is 0 Å². The lowest BCUT2D eigenvalue weighted by molar-refractivity contribution is 0.471. The number of anilines is 2. The van der Waals surface area contributed by atoms with Gasteiger partial charge in [-0.25, -0.2) is 29.9 Å². The molecule has 0 unspecified atom stereocenters. The van der Waals surface area contributed by atoms with Gasteiger partial charge in [-0.3, -0.25) is 9.13 Å². The zero-order chi connectivity index (χ0) is 29.6. The number of nitrogens with zero attached hydrogens (tertiary/aromatic N) is 8. The molecule has 45 heavy (non-hydrogen) atoms. The molecule has 15 heteroatoms. The fourth-order valence-electron chi connectivity index (χ4n) is 5.69. The Morgan fingerprint density at radius 3 is 1.53 bits per heavy atom. The number of nitrogens with one attached hydrogen (secondary N) is 4. The van der Waals surface area contributed by atoms with Crippen molar-refractivity contribution in [1.29, 1.82) is 0 Å². The van der Waals surface area contributed by atoms with Crippen LogP contribution in [0.3, 0.4) is 0 Å². The third-order valence-corrected chi connectivity index (χ3v) is 7.95. The first-order valence-electron chi connectivity index (χ1n) is 15.1. The summed E-state index contributed by atoms with van der Waals surface area (Å²) in [5.41, 5.74) is 3.24. The van der Waals surface area contributed by atoms with Gasteiger partial charge in [0.05, 0.1) is 38.0 Å². The van der Waals surface area contributed by atoms with Crippen LogP contribution in [0, 0.1) is 0 Å². The molecule has 6 aromatic rings. The molecule has 8 rings (SSSR count). The fraction of sp³-hybridized carbons (Fsp3) is 0.400. The highest BCUT2D eigenvalue weighted by Crippen LogP contribution is 2.22. The highest BCUT2D eigenvalue weighted by atomic mass is 16.3. The summed E-state index contributed by atoms with van der Waals surface area (Å²) >= 11 is 0. The van der Waals surface area contributed by atoms with Crippen molar-refractivity contribution in [3.8, 4) is 0 Å². The predicted octanol–water partition coefficient (Wildman–Crippen LogP) is 2.44. The molecule has 0 saturated carbocycles. The second kappa shape index (κ2) is 14.3. The molecule has 2 fully saturated rings. The minimum Gasteiger partial charge on any atom is -0.467 e. The van der Waals surface area contributed by atoms with Crippen LogP contribution in [-0.2, 0) is 13.1 Å². The maximum atomic E-state index is 5.47. The Morgan fingerprint density at radius 1 is 0.689 bits per heavy atom. The summed E-state index contributed by atoms with van der Waals surface area (Å²) in [4.78, 5) is 26.2. The highest BCUT2D eigenvalue weighted by molar-refractivity contribution is 5.74. The second-order valence-corrected chi connectivity index (χ2v) is 11.0. The van der Waals surface area contributed by atoms with Crippen molar-refractivity contribution in [3.05, 3.63) is 73.4 Å². The Hall–Kier alpha value is -4.86. The van der Waals surface area contributed by atoms with Crippen LogP contribution in [-0.4, -0.2) is 82.8 Å². The summed E-state index contributed by atoms with van der Waals surface area (Å²) in [6, 6.07) is 8.57. The number of hydrogen-bond acceptors (Lipinski definition) is 12. The highest BCUT2D eigenvalue weighted by Gasteiger charge is 2.20. The Balaban J connectivity index is 0.000000155. The van der Waals surface area contributed by atoms with E-state index in [9.17, 15) is 0 Å². The van der Waals surface area contributed by atoms with Crippen LogP contribution >= 0.6 is 0 Å². The molecule has 0 bridgehead atoms. The van der Waals surface area contributed by atoms with Crippen LogP contribution in [0.5, 0.6) is 0 Å². The van der Waals surface area contributed by atoms with Crippen molar-refractivity contribution in [2.75, 3.05) is 36.8 Å². The zero-order valence-corrected chi connectivity index (χ0v) is 24.9. The van der Waals surface area contributed by atoms with E-state index in [0.29, 0.717) is 25.2 Å². The van der Waals surface area contributed by atoms with E-state index in [1.807, 2.05) is 24.3 Å². The molecule has 0 atom stereocenters. The molecule has 0 aliphatic carbocycles. The van der Waals surface area contributed by atoms with E-state index in [2.05, 4.69) is 60.3 Å². The quantitative estimate of drug-likeness (QED) is 0.196. The molecule has 2 aliphatic rings. The summed E-state index contributed by atoms with van der Waals surface area (Å²) in [5, 5.41) is 13.9.